The number of likely N-dealkylation sites (tertiary alicyclic amines) is 1. The van der Waals surface area contributed by atoms with E-state index in [1.807, 2.05) is 6.07 Å². The maximum Gasteiger partial charge on any atom is 0.254 e. The van der Waals surface area contributed by atoms with Crippen molar-refractivity contribution in [1.29, 1.82) is 0 Å². The molecular weight excluding hydrogens is 292 g/mol. The van der Waals surface area contributed by atoms with Gasteiger partial charge in [-0.3, -0.25) is 9.59 Å². The van der Waals surface area contributed by atoms with Gasteiger partial charge < -0.3 is 15.3 Å². The van der Waals surface area contributed by atoms with Crippen molar-refractivity contribution >= 4 is 17.5 Å². The highest BCUT2D eigenvalue weighted by molar-refractivity contribution is 5.97. The van der Waals surface area contributed by atoms with E-state index in [9.17, 15) is 14.7 Å². The molecule has 1 aliphatic heterocycles. The Morgan fingerprint density at radius 2 is 1.91 bits per heavy atom. The molecule has 23 heavy (non-hydrogen) atoms. The molecular formula is C18H24N2O3. The molecule has 5 nitrogen and oxygen atoms in total. The molecule has 1 saturated carbocycles. The summed E-state index contributed by atoms with van der Waals surface area (Å²) in [5.74, 6) is 0.0676. The van der Waals surface area contributed by atoms with E-state index in [4.69, 9.17) is 0 Å². The fraction of sp³-hybridized carbons (Fsp3) is 0.556. The molecule has 1 aliphatic carbocycles. The number of aliphatic hydroxyl groups excluding tert-OH is 1. The fourth-order valence-corrected chi connectivity index (χ4v) is 3.45. The Labute approximate surface area is 136 Å². The maximum atomic E-state index is 12.4. The molecule has 2 N–H and O–H groups in total. The molecule has 1 heterocycles. The lowest BCUT2D eigenvalue weighted by atomic mass is 9.88. The zero-order valence-corrected chi connectivity index (χ0v) is 13.3. The molecule has 5 heteroatoms. The second-order valence-electron chi connectivity index (χ2n) is 6.60. The van der Waals surface area contributed by atoms with Crippen LogP contribution in [0.25, 0.3) is 0 Å². The van der Waals surface area contributed by atoms with Gasteiger partial charge in [0.2, 0.25) is 5.91 Å². The van der Waals surface area contributed by atoms with E-state index in [-0.39, 0.29) is 17.7 Å². The standard InChI is InChI=1S/C18H24N2O3/c21-16-9-10-20(12-16)18(23)14-7-4-8-15(11-14)19-17(22)13-5-2-1-3-6-13/h4,7-8,11,13,16,21H,1-3,5-6,9-10,12H2,(H,19,22)/t16-/m1/s1. The average Bonchev–Trinajstić information content (AvgIpc) is 3.01. The van der Waals surface area contributed by atoms with Crippen molar-refractivity contribution in [3.63, 3.8) is 0 Å². The van der Waals surface area contributed by atoms with Crippen molar-refractivity contribution < 1.29 is 14.7 Å². The van der Waals surface area contributed by atoms with Crippen molar-refractivity contribution in [1.82, 2.24) is 4.90 Å². The summed E-state index contributed by atoms with van der Waals surface area (Å²) in [4.78, 5) is 26.4. The Morgan fingerprint density at radius 3 is 2.61 bits per heavy atom. The van der Waals surface area contributed by atoms with E-state index in [0.717, 1.165) is 25.7 Å². The third-order valence-electron chi connectivity index (χ3n) is 4.80. The van der Waals surface area contributed by atoms with Gasteiger partial charge in [-0.1, -0.05) is 25.3 Å². The molecule has 1 aromatic rings. The fourth-order valence-electron chi connectivity index (χ4n) is 3.45. The minimum atomic E-state index is -0.423. The molecule has 0 spiro atoms. The predicted octanol–water partition coefficient (Wildman–Crippen LogP) is 2.41. The van der Waals surface area contributed by atoms with E-state index < -0.39 is 6.10 Å². The summed E-state index contributed by atoms with van der Waals surface area (Å²) in [6, 6.07) is 7.09. The van der Waals surface area contributed by atoms with E-state index in [0.29, 0.717) is 30.8 Å². The molecule has 1 saturated heterocycles. The largest absolute Gasteiger partial charge is 0.391 e. The first-order valence-electron chi connectivity index (χ1n) is 8.52. The third kappa shape index (κ3) is 3.91. The van der Waals surface area contributed by atoms with Gasteiger partial charge in [0, 0.05) is 30.3 Å². The highest BCUT2D eigenvalue weighted by atomic mass is 16.3. The van der Waals surface area contributed by atoms with Crippen LogP contribution in [0.4, 0.5) is 5.69 Å². The lowest BCUT2D eigenvalue weighted by Gasteiger charge is -2.21. The zero-order chi connectivity index (χ0) is 16.2. The summed E-state index contributed by atoms with van der Waals surface area (Å²) < 4.78 is 0. The molecule has 1 aromatic carbocycles. The number of benzene rings is 1. The Bertz CT molecular complexity index is 581. The van der Waals surface area contributed by atoms with E-state index in [1.54, 1.807) is 23.1 Å². The van der Waals surface area contributed by atoms with Crippen LogP contribution in [0.5, 0.6) is 0 Å². The smallest absolute Gasteiger partial charge is 0.254 e. The summed E-state index contributed by atoms with van der Waals surface area (Å²) in [7, 11) is 0. The number of β-amino-alcohol motifs (C(OH)–C–C–N with tert-alkyl or cyclic N) is 1. The normalized spacial score (nSPS) is 22.1. The quantitative estimate of drug-likeness (QED) is 0.900. The second kappa shape index (κ2) is 7.13. The number of nitrogens with one attached hydrogen (secondary N) is 1. The molecule has 0 unspecified atom stereocenters. The Hall–Kier alpha value is -1.88. The molecule has 3 rings (SSSR count). The van der Waals surface area contributed by atoms with Gasteiger partial charge in [0.15, 0.2) is 0 Å². The van der Waals surface area contributed by atoms with Crippen molar-refractivity contribution in [2.24, 2.45) is 5.92 Å². The van der Waals surface area contributed by atoms with Gasteiger partial charge in [-0.05, 0) is 37.5 Å². The lowest BCUT2D eigenvalue weighted by Crippen LogP contribution is -2.29. The highest BCUT2D eigenvalue weighted by Gasteiger charge is 2.26. The summed E-state index contributed by atoms with van der Waals surface area (Å²) >= 11 is 0. The zero-order valence-electron chi connectivity index (χ0n) is 13.3. The first-order chi connectivity index (χ1) is 11.1. The van der Waals surface area contributed by atoms with Gasteiger partial charge in [0.1, 0.15) is 0 Å². The van der Waals surface area contributed by atoms with Gasteiger partial charge in [-0.25, -0.2) is 0 Å². The van der Waals surface area contributed by atoms with Gasteiger partial charge in [-0.2, -0.15) is 0 Å². The van der Waals surface area contributed by atoms with Crippen molar-refractivity contribution in [3.8, 4) is 0 Å². The van der Waals surface area contributed by atoms with Crippen LogP contribution in [0.1, 0.15) is 48.9 Å². The highest BCUT2D eigenvalue weighted by Crippen LogP contribution is 2.25. The van der Waals surface area contributed by atoms with Gasteiger partial charge in [-0.15, -0.1) is 0 Å². The summed E-state index contributed by atoms with van der Waals surface area (Å²) in [6.07, 6.45) is 5.57. The first kappa shape index (κ1) is 16.0. The first-order valence-corrected chi connectivity index (χ1v) is 8.52. The second-order valence-corrected chi connectivity index (χ2v) is 6.60. The average molecular weight is 316 g/mol. The number of anilines is 1. The van der Waals surface area contributed by atoms with E-state index in [2.05, 4.69) is 5.32 Å². The van der Waals surface area contributed by atoms with Gasteiger partial charge in [0.05, 0.1) is 6.10 Å². The number of amides is 2. The molecule has 1 atom stereocenters. The van der Waals surface area contributed by atoms with Crippen LogP contribution >= 0.6 is 0 Å². The maximum absolute atomic E-state index is 12.4. The van der Waals surface area contributed by atoms with Gasteiger partial charge in [0.25, 0.3) is 5.91 Å². The minimum Gasteiger partial charge on any atom is -0.391 e. The number of carbonyl (C=O) groups is 2. The number of aliphatic hydroxyl groups is 1. The minimum absolute atomic E-state index is 0.0610. The Morgan fingerprint density at radius 1 is 1.13 bits per heavy atom. The Kier molecular flexibility index (Phi) is 4.96. The molecule has 0 aromatic heterocycles. The number of hydrogen-bond donors (Lipinski definition) is 2. The van der Waals surface area contributed by atoms with E-state index in [1.165, 1.54) is 6.42 Å². The van der Waals surface area contributed by atoms with Crippen LogP contribution in [0.3, 0.4) is 0 Å². The van der Waals surface area contributed by atoms with Gasteiger partial charge >= 0.3 is 0 Å². The molecule has 2 aliphatic rings. The van der Waals surface area contributed by atoms with Crippen molar-refractivity contribution in [2.75, 3.05) is 18.4 Å². The third-order valence-corrected chi connectivity index (χ3v) is 4.80. The van der Waals surface area contributed by atoms with Crippen LogP contribution < -0.4 is 5.32 Å². The van der Waals surface area contributed by atoms with Crippen LogP contribution in [-0.4, -0.2) is 41.0 Å². The Balaban J connectivity index is 1.65. The number of hydrogen-bond acceptors (Lipinski definition) is 3. The molecule has 2 fully saturated rings. The summed E-state index contributed by atoms with van der Waals surface area (Å²) in [5.41, 5.74) is 1.23. The van der Waals surface area contributed by atoms with Crippen LogP contribution in [0, 0.1) is 5.92 Å². The van der Waals surface area contributed by atoms with Crippen molar-refractivity contribution in [2.45, 2.75) is 44.6 Å². The number of rotatable bonds is 3. The van der Waals surface area contributed by atoms with Crippen LogP contribution in [0.15, 0.2) is 24.3 Å². The van der Waals surface area contributed by atoms with Crippen LogP contribution in [-0.2, 0) is 4.79 Å². The molecule has 0 bridgehead atoms. The van der Waals surface area contributed by atoms with Crippen molar-refractivity contribution in [3.05, 3.63) is 29.8 Å². The van der Waals surface area contributed by atoms with E-state index >= 15 is 0 Å². The monoisotopic (exact) mass is 316 g/mol. The topological polar surface area (TPSA) is 69.6 Å². The summed E-state index contributed by atoms with van der Waals surface area (Å²) in [5, 5.41) is 12.5. The lowest BCUT2D eigenvalue weighted by molar-refractivity contribution is -0.120. The SMILES string of the molecule is O=C(Nc1cccc(C(=O)N2CC[C@@H](O)C2)c1)C1CCCCC1. The predicted molar refractivity (Wildman–Crippen MR) is 88.2 cm³/mol. The number of nitrogens with zero attached hydrogens (tertiary/aromatic N) is 1. The summed E-state index contributed by atoms with van der Waals surface area (Å²) in [6.45, 7) is 0.968. The molecule has 2 amide bonds. The molecule has 0 radical (unpaired) electrons. The number of carbonyl (C=O) groups excluding carboxylic acids is 2. The molecule has 124 valence electrons. The van der Waals surface area contributed by atoms with Crippen LogP contribution in [0.2, 0.25) is 0 Å².